The third kappa shape index (κ3) is 5.17. The number of H-pyrrole nitrogens is 1. The van der Waals surface area contributed by atoms with Crippen molar-refractivity contribution in [1.82, 2.24) is 30.0 Å². The average Bonchev–Trinajstić information content (AvgIpc) is 3.39. The van der Waals surface area contributed by atoms with Gasteiger partial charge < -0.3 is 19.4 Å². The molecule has 0 unspecified atom stereocenters. The van der Waals surface area contributed by atoms with E-state index in [2.05, 4.69) is 42.2 Å². The summed E-state index contributed by atoms with van der Waals surface area (Å²) >= 11 is 0. The van der Waals surface area contributed by atoms with Gasteiger partial charge in [-0.05, 0) is 24.1 Å². The molecule has 1 fully saturated rings. The van der Waals surface area contributed by atoms with E-state index < -0.39 is 0 Å². The van der Waals surface area contributed by atoms with Crippen LogP contribution in [0.2, 0.25) is 0 Å². The normalized spacial score (nSPS) is 16.3. The number of benzene rings is 1. The van der Waals surface area contributed by atoms with Gasteiger partial charge in [-0.25, -0.2) is 15.1 Å². The van der Waals surface area contributed by atoms with E-state index in [1.54, 1.807) is 36.4 Å². The van der Waals surface area contributed by atoms with Gasteiger partial charge in [0.15, 0.2) is 0 Å². The van der Waals surface area contributed by atoms with E-state index in [0.29, 0.717) is 67.8 Å². The van der Waals surface area contributed by atoms with Crippen molar-refractivity contribution in [2.45, 2.75) is 19.5 Å². The summed E-state index contributed by atoms with van der Waals surface area (Å²) in [7, 11) is 0. The number of rotatable bonds is 6. The van der Waals surface area contributed by atoms with Gasteiger partial charge in [-0.15, -0.1) is 0 Å². The van der Waals surface area contributed by atoms with E-state index in [4.69, 9.17) is 10.00 Å². The molecule has 3 aromatic heterocycles. The number of nitrogens with zero attached hydrogens (tertiary/aromatic N) is 8. The van der Waals surface area contributed by atoms with Gasteiger partial charge in [-0.1, -0.05) is 24.3 Å². The molecule has 1 N–H and O–H groups in total. The van der Waals surface area contributed by atoms with Crippen molar-refractivity contribution in [3.63, 3.8) is 0 Å². The van der Waals surface area contributed by atoms with Crippen molar-refractivity contribution in [2.75, 3.05) is 42.6 Å². The molecule has 1 atom stereocenters. The molecule has 206 valence electrons. The Balaban J connectivity index is 1.13. The molecule has 1 saturated heterocycles. The lowest BCUT2D eigenvalue weighted by molar-refractivity contribution is 0.0739. The second kappa shape index (κ2) is 11.1. The van der Waals surface area contributed by atoms with Crippen LogP contribution < -0.4 is 20.1 Å². The lowest BCUT2D eigenvalue weighted by Gasteiger charge is -2.34. The fourth-order valence-corrected chi connectivity index (χ4v) is 5.24. The monoisotopic (exact) mass is 549 g/mol. The Labute approximate surface area is 235 Å². The van der Waals surface area contributed by atoms with Crippen LogP contribution >= 0.6 is 0 Å². The molecule has 0 aliphatic carbocycles. The summed E-state index contributed by atoms with van der Waals surface area (Å²) < 4.78 is 6.23. The van der Waals surface area contributed by atoms with Crippen LogP contribution in [-0.4, -0.2) is 68.7 Å². The number of hydrogen-bond donors (Lipinski definition) is 1. The van der Waals surface area contributed by atoms with E-state index in [1.807, 2.05) is 23.1 Å². The van der Waals surface area contributed by atoms with Gasteiger partial charge in [-0.2, -0.15) is 10.4 Å². The van der Waals surface area contributed by atoms with Crippen LogP contribution in [0.25, 0.3) is 0 Å². The van der Waals surface area contributed by atoms with Crippen LogP contribution in [0.5, 0.6) is 5.75 Å². The first-order valence-electron chi connectivity index (χ1n) is 13.3. The summed E-state index contributed by atoms with van der Waals surface area (Å²) in [6, 6.07) is 13.4. The summed E-state index contributed by atoms with van der Waals surface area (Å²) in [5, 5.41) is 15.5. The lowest BCUT2D eigenvalue weighted by Crippen LogP contribution is -2.49. The Bertz CT molecular complexity index is 1670. The Hall–Kier alpha value is -5.31. The number of aromatic nitrogens is 5. The number of piperazine rings is 1. The first-order chi connectivity index (χ1) is 20.0. The van der Waals surface area contributed by atoms with E-state index >= 15 is 0 Å². The number of pyridine rings is 1. The number of carbonyl (C=O) groups is 1. The predicted molar refractivity (Wildman–Crippen MR) is 150 cm³/mol. The standard InChI is InChI=1S/C29H27N9O3/c1-19-25(16-34-35-27(19)39)38-17-21-4-2-3-5-23(21)26(38)18-41-22-6-7-31-24(12-22)28(40)36-8-10-37(11-9-36)29-32-14-20(13-30)15-33-29/h2-7,12,14-16,26H,8-11,17-18H2,1H3,(H,35,39)/t26-/m1/s1. The van der Waals surface area contributed by atoms with E-state index in [9.17, 15) is 9.59 Å². The van der Waals surface area contributed by atoms with Crippen molar-refractivity contribution < 1.29 is 9.53 Å². The first-order valence-corrected chi connectivity index (χ1v) is 13.3. The molecule has 0 radical (unpaired) electrons. The largest absolute Gasteiger partial charge is 0.491 e. The molecule has 0 saturated carbocycles. The number of ether oxygens (including phenoxy) is 1. The number of nitrogens with one attached hydrogen (secondary N) is 1. The van der Waals surface area contributed by atoms with Gasteiger partial charge >= 0.3 is 0 Å². The molecule has 0 spiro atoms. The van der Waals surface area contributed by atoms with Crippen LogP contribution in [0.4, 0.5) is 11.6 Å². The minimum atomic E-state index is -0.222. The number of nitriles is 1. The quantitative estimate of drug-likeness (QED) is 0.380. The van der Waals surface area contributed by atoms with Gasteiger partial charge in [0, 0.05) is 50.6 Å². The van der Waals surface area contributed by atoms with Crippen LogP contribution in [0.3, 0.4) is 0 Å². The molecule has 4 aromatic rings. The molecular weight excluding hydrogens is 522 g/mol. The number of hydrogen-bond acceptors (Lipinski definition) is 10. The highest BCUT2D eigenvalue weighted by Crippen LogP contribution is 2.38. The van der Waals surface area contributed by atoms with E-state index in [-0.39, 0.29) is 17.5 Å². The van der Waals surface area contributed by atoms with Gasteiger partial charge in [-0.3, -0.25) is 14.6 Å². The summed E-state index contributed by atoms with van der Waals surface area (Å²) in [4.78, 5) is 44.2. The lowest BCUT2D eigenvalue weighted by atomic mass is 10.1. The highest BCUT2D eigenvalue weighted by molar-refractivity contribution is 5.92. The summed E-state index contributed by atoms with van der Waals surface area (Å²) in [6.45, 7) is 4.86. The van der Waals surface area contributed by atoms with Crippen LogP contribution in [0.1, 0.15) is 38.8 Å². The molecule has 12 nitrogen and oxygen atoms in total. The molecule has 2 aliphatic rings. The minimum Gasteiger partial charge on any atom is -0.491 e. The molecule has 2 aliphatic heterocycles. The second-order valence-corrected chi connectivity index (χ2v) is 9.90. The third-order valence-corrected chi connectivity index (χ3v) is 7.49. The number of amides is 1. The SMILES string of the molecule is Cc1c(N2Cc3ccccc3[C@H]2COc2ccnc(C(=O)N3CCN(c4ncc(C#N)cn4)CC3)c2)cn[nH]c1=O. The highest BCUT2D eigenvalue weighted by atomic mass is 16.5. The van der Waals surface area contributed by atoms with Crippen LogP contribution in [-0.2, 0) is 6.54 Å². The van der Waals surface area contributed by atoms with Crippen molar-refractivity contribution in [3.05, 3.63) is 99.5 Å². The number of aromatic amines is 1. The maximum Gasteiger partial charge on any atom is 0.272 e. The van der Waals surface area contributed by atoms with Gasteiger partial charge in [0.05, 0.1) is 35.9 Å². The Kier molecular flexibility index (Phi) is 6.99. The maximum absolute atomic E-state index is 13.3. The molecule has 12 heteroatoms. The summed E-state index contributed by atoms with van der Waals surface area (Å²) in [5.41, 5.74) is 4.14. The molecule has 41 heavy (non-hydrogen) atoms. The summed E-state index contributed by atoms with van der Waals surface area (Å²) in [5.74, 6) is 0.908. The Morgan fingerprint density at radius 1 is 1.10 bits per heavy atom. The van der Waals surface area contributed by atoms with Crippen LogP contribution in [0, 0.1) is 18.3 Å². The zero-order valence-corrected chi connectivity index (χ0v) is 22.4. The van der Waals surface area contributed by atoms with Crippen LogP contribution in [0.15, 0.2) is 66.0 Å². The topological polar surface area (TPSA) is 144 Å². The van der Waals surface area contributed by atoms with Gasteiger partial charge in [0.25, 0.3) is 11.5 Å². The van der Waals surface area contributed by atoms with Crippen molar-refractivity contribution in [2.24, 2.45) is 0 Å². The number of anilines is 2. The van der Waals surface area contributed by atoms with Crippen molar-refractivity contribution in [1.29, 1.82) is 5.26 Å². The molecule has 0 bridgehead atoms. The Morgan fingerprint density at radius 2 is 1.88 bits per heavy atom. The highest BCUT2D eigenvalue weighted by Gasteiger charge is 2.32. The van der Waals surface area contributed by atoms with Crippen molar-refractivity contribution in [3.8, 4) is 11.8 Å². The number of carbonyl (C=O) groups excluding carboxylic acids is 1. The minimum absolute atomic E-state index is 0.140. The van der Waals surface area contributed by atoms with Crippen molar-refractivity contribution >= 4 is 17.5 Å². The fraction of sp³-hybridized carbons (Fsp3) is 0.276. The zero-order valence-electron chi connectivity index (χ0n) is 22.4. The first kappa shape index (κ1) is 25.9. The molecule has 6 rings (SSSR count). The zero-order chi connectivity index (χ0) is 28.3. The second-order valence-electron chi connectivity index (χ2n) is 9.90. The fourth-order valence-electron chi connectivity index (χ4n) is 5.24. The van der Waals surface area contributed by atoms with E-state index in [0.717, 1.165) is 16.8 Å². The summed E-state index contributed by atoms with van der Waals surface area (Å²) in [6.07, 6.45) is 6.24. The van der Waals surface area contributed by atoms with Gasteiger partial charge in [0.1, 0.15) is 24.1 Å². The van der Waals surface area contributed by atoms with E-state index in [1.165, 1.54) is 12.4 Å². The average molecular weight is 550 g/mol. The van der Waals surface area contributed by atoms with Gasteiger partial charge in [0.2, 0.25) is 5.95 Å². The smallest absolute Gasteiger partial charge is 0.272 e. The predicted octanol–water partition coefficient (Wildman–Crippen LogP) is 2.24. The molecule has 5 heterocycles. The molecule has 1 amide bonds. The maximum atomic E-state index is 13.3. The molecular formula is C29H27N9O3. The number of fused-ring (bicyclic) bond motifs is 1. The third-order valence-electron chi connectivity index (χ3n) is 7.49. The Morgan fingerprint density at radius 3 is 2.66 bits per heavy atom. The molecule has 1 aromatic carbocycles.